The zero-order valence-corrected chi connectivity index (χ0v) is 17.3. The second-order valence-corrected chi connectivity index (χ2v) is 8.02. The molecule has 0 aliphatic heterocycles. The molecule has 0 radical (unpaired) electrons. The van der Waals surface area contributed by atoms with Crippen molar-refractivity contribution in [1.82, 2.24) is 20.7 Å². The molecule has 2 fully saturated rings. The van der Waals surface area contributed by atoms with Crippen LogP contribution in [0, 0.1) is 5.92 Å². The SMILES string of the molecule is CCNC(=NCc1cc(C(CC)CC)no1)NCCN(CC1CC1)C1CC1. The highest BCUT2D eigenvalue weighted by Crippen LogP contribution is 2.34. The molecule has 3 rings (SSSR count). The van der Waals surface area contributed by atoms with Crippen LogP contribution in [0.1, 0.15) is 76.7 Å². The van der Waals surface area contributed by atoms with E-state index < -0.39 is 0 Å². The molecule has 0 amide bonds. The van der Waals surface area contributed by atoms with Crippen LogP contribution in [0.3, 0.4) is 0 Å². The van der Waals surface area contributed by atoms with Gasteiger partial charge >= 0.3 is 0 Å². The van der Waals surface area contributed by atoms with E-state index in [1.807, 2.05) is 0 Å². The first-order valence-electron chi connectivity index (χ1n) is 10.9. The van der Waals surface area contributed by atoms with Gasteiger partial charge in [0.05, 0.1) is 5.69 Å². The predicted octanol–water partition coefficient (Wildman–Crippen LogP) is 3.51. The molecule has 2 saturated carbocycles. The number of aliphatic imine (C=N–C) groups is 1. The summed E-state index contributed by atoms with van der Waals surface area (Å²) >= 11 is 0. The van der Waals surface area contributed by atoms with Crippen molar-refractivity contribution >= 4 is 5.96 Å². The fourth-order valence-electron chi connectivity index (χ4n) is 3.61. The molecular weight excluding hydrogens is 338 g/mol. The normalized spacial score (nSPS) is 17.7. The summed E-state index contributed by atoms with van der Waals surface area (Å²) in [5.74, 6) is 3.14. The fraction of sp³-hybridized carbons (Fsp3) is 0.810. The molecule has 1 heterocycles. The molecule has 2 N–H and O–H groups in total. The van der Waals surface area contributed by atoms with Crippen molar-refractivity contribution in [2.45, 2.75) is 77.8 Å². The summed E-state index contributed by atoms with van der Waals surface area (Å²) in [6.07, 6.45) is 7.80. The van der Waals surface area contributed by atoms with Crippen molar-refractivity contribution in [2.24, 2.45) is 10.9 Å². The lowest BCUT2D eigenvalue weighted by Crippen LogP contribution is -2.42. The van der Waals surface area contributed by atoms with Gasteiger partial charge in [-0.1, -0.05) is 19.0 Å². The van der Waals surface area contributed by atoms with Gasteiger partial charge in [-0.2, -0.15) is 0 Å². The molecule has 0 aromatic carbocycles. The molecule has 0 atom stereocenters. The van der Waals surface area contributed by atoms with Crippen LogP contribution in [-0.4, -0.2) is 48.2 Å². The first-order valence-corrected chi connectivity index (χ1v) is 10.9. The number of nitrogens with zero attached hydrogens (tertiary/aromatic N) is 3. The summed E-state index contributed by atoms with van der Waals surface area (Å²) in [5, 5.41) is 11.1. The van der Waals surface area contributed by atoms with Crippen molar-refractivity contribution in [2.75, 3.05) is 26.2 Å². The Morgan fingerprint density at radius 3 is 2.63 bits per heavy atom. The molecule has 1 aromatic heterocycles. The van der Waals surface area contributed by atoms with Gasteiger partial charge in [0.1, 0.15) is 6.54 Å². The van der Waals surface area contributed by atoms with Gasteiger partial charge in [0, 0.05) is 44.2 Å². The third-order valence-electron chi connectivity index (χ3n) is 5.66. The Morgan fingerprint density at radius 1 is 1.22 bits per heavy atom. The van der Waals surface area contributed by atoms with E-state index in [2.05, 4.69) is 52.5 Å². The topological polar surface area (TPSA) is 65.7 Å². The highest BCUT2D eigenvalue weighted by Gasteiger charge is 2.33. The van der Waals surface area contributed by atoms with Gasteiger partial charge in [0.2, 0.25) is 0 Å². The summed E-state index contributed by atoms with van der Waals surface area (Å²) in [7, 11) is 0. The largest absolute Gasteiger partial charge is 0.359 e. The molecule has 0 bridgehead atoms. The van der Waals surface area contributed by atoms with Gasteiger partial charge in [-0.05, 0) is 51.4 Å². The van der Waals surface area contributed by atoms with E-state index in [4.69, 9.17) is 4.52 Å². The van der Waals surface area contributed by atoms with Crippen LogP contribution < -0.4 is 10.6 Å². The van der Waals surface area contributed by atoms with Crippen molar-refractivity contribution in [3.05, 3.63) is 17.5 Å². The lowest BCUT2D eigenvalue weighted by atomic mass is 9.99. The van der Waals surface area contributed by atoms with E-state index in [0.717, 1.165) is 61.8 Å². The summed E-state index contributed by atoms with van der Waals surface area (Å²) in [5.41, 5.74) is 1.06. The standard InChI is InChI=1S/C21H37N5O/c1-4-17(5-2)20-13-19(27-25-20)14-24-21(22-6-3)23-11-12-26(18-9-10-18)15-16-7-8-16/h13,16-18H,4-12,14-15H2,1-3H3,(H2,22,23,24). The van der Waals surface area contributed by atoms with Gasteiger partial charge in [0.25, 0.3) is 0 Å². The van der Waals surface area contributed by atoms with E-state index in [9.17, 15) is 0 Å². The second kappa shape index (κ2) is 10.1. The van der Waals surface area contributed by atoms with E-state index in [1.54, 1.807) is 0 Å². The average molecular weight is 376 g/mol. The highest BCUT2D eigenvalue weighted by atomic mass is 16.5. The molecule has 2 aliphatic carbocycles. The van der Waals surface area contributed by atoms with Crippen LogP contribution in [0.2, 0.25) is 0 Å². The van der Waals surface area contributed by atoms with E-state index >= 15 is 0 Å². The number of hydrogen-bond donors (Lipinski definition) is 2. The quantitative estimate of drug-likeness (QED) is 0.432. The number of rotatable bonds is 12. The van der Waals surface area contributed by atoms with Crippen LogP contribution in [0.5, 0.6) is 0 Å². The molecule has 6 heteroatoms. The zero-order valence-electron chi connectivity index (χ0n) is 17.3. The molecule has 27 heavy (non-hydrogen) atoms. The van der Waals surface area contributed by atoms with Crippen molar-refractivity contribution in [1.29, 1.82) is 0 Å². The number of nitrogens with one attached hydrogen (secondary N) is 2. The van der Waals surface area contributed by atoms with Gasteiger partial charge in [-0.25, -0.2) is 4.99 Å². The number of hydrogen-bond acceptors (Lipinski definition) is 4. The van der Waals surface area contributed by atoms with Gasteiger partial charge < -0.3 is 15.2 Å². The fourth-order valence-corrected chi connectivity index (χ4v) is 3.61. The molecule has 1 aromatic rings. The van der Waals surface area contributed by atoms with Gasteiger partial charge in [-0.3, -0.25) is 4.90 Å². The van der Waals surface area contributed by atoms with Gasteiger partial charge in [0.15, 0.2) is 11.7 Å². The number of guanidine groups is 1. The molecule has 0 unspecified atom stereocenters. The van der Waals surface area contributed by atoms with E-state index in [1.165, 1.54) is 32.2 Å². The van der Waals surface area contributed by atoms with E-state index in [-0.39, 0.29) is 0 Å². The van der Waals surface area contributed by atoms with Crippen molar-refractivity contribution in [3.8, 4) is 0 Å². The Bertz CT molecular complexity index is 587. The molecular formula is C21H37N5O. The van der Waals surface area contributed by atoms with Crippen LogP contribution >= 0.6 is 0 Å². The Balaban J connectivity index is 1.47. The Kier molecular flexibility index (Phi) is 7.56. The minimum absolute atomic E-state index is 0.484. The smallest absolute Gasteiger partial charge is 0.191 e. The third kappa shape index (κ3) is 6.52. The first-order chi connectivity index (χ1) is 13.2. The second-order valence-electron chi connectivity index (χ2n) is 8.02. The lowest BCUT2D eigenvalue weighted by Gasteiger charge is -2.22. The first kappa shape index (κ1) is 20.2. The maximum atomic E-state index is 5.49. The van der Waals surface area contributed by atoms with Crippen LogP contribution in [0.4, 0.5) is 0 Å². The molecule has 0 saturated heterocycles. The average Bonchev–Trinajstić information content (AvgIpc) is 3.59. The summed E-state index contributed by atoms with van der Waals surface area (Å²) in [4.78, 5) is 7.35. The Hall–Kier alpha value is -1.56. The van der Waals surface area contributed by atoms with Crippen LogP contribution in [-0.2, 0) is 6.54 Å². The summed E-state index contributed by atoms with van der Waals surface area (Å²) in [6, 6.07) is 2.90. The molecule has 6 nitrogen and oxygen atoms in total. The van der Waals surface area contributed by atoms with Crippen molar-refractivity contribution in [3.63, 3.8) is 0 Å². The Morgan fingerprint density at radius 2 is 2.00 bits per heavy atom. The molecule has 152 valence electrons. The van der Waals surface area contributed by atoms with Crippen molar-refractivity contribution < 1.29 is 4.52 Å². The van der Waals surface area contributed by atoms with Crippen LogP contribution in [0.15, 0.2) is 15.6 Å². The predicted molar refractivity (Wildman–Crippen MR) is 110 cm³/mol. The summed E-state index contributed by atoms with van der Waals surface area (Å²) < 4.78 is 5.49. The lowest BCUT2D eigenvalue weighted by molar-refractivity contribution is 0.256. The molecule has 2 aliphatic rings. The third-order valence-corrected chi connectivity index (χ3v) is 5.66. The minimum atomic E-state index is 0.484. The van der Waals surface area contributed by atoms with E-state index in [0.29, 0.717) is 12.5 Å². The van der Waals surface area contributed by atoms with Gasteiger partial charge in [-0.15, -0.1) is 0 Å². The zero-order chi connectivity index (χ0) is 19.1. The summed E-state index contributed by atoms with van der Waals surface area (Å²) in [6.45, 7) is 11.2. The monoisotopic (exact) mass is 375 g/mol. The maximum absolute atomic E-state index is 5.49. The minimum Gasteiger partial charge on any atom is -0.359 e. The molecule has 0 spiro atoms. The number of aromatic nitrogens is 1. The maximum Gasteiger partial charge on any atom is 0.191 e. The highest BCUT2D eigenvalue weighted by molar-refractivity contribution is 5.79. The Labute approximate surface area is 164 Å². The van der Waals surface area contributed by atoms with Crippen LogP contribution in [0.25, 0.3) is 0 Å².